The molecule has 1 amide bonds. The van der Waals surface area contributed by atoms with Crippen LogP contribution in [0.15, 0.2) is 24.0 Å². The maximum absolute atomic E-state index is 12.0. The SMILES string of the molecule is CC(C)=CC(=O)N1CCC(Oc2cncc(N(C)C)n2)C1. The number of allylic oxidation sites excluding steroid dienone is 1. The van der Waals surface area contributed by atoms with Crippen LogP contribution in [0.25, 0.3) is 0 Å². The molecule has 0 bridgehead atoms. The highest BCUT2D eigenvalue weighted by atomic mass is 16.5. The first-order valence-electron chi connectivity index (χ1n) is 7.05. The Morgan fingerprint density at radius 1 is 1.43 bits per heavy atom. The summed E-state index contributed by atoms with van der Waals surface area (Å²) in [6.45, 7) is 5.15. The van der Waals surface area contributed by atoms with Crippen molar-refractivity contribution in [2.75, 3.05) is 32.1 Å². The maximum Gasteiger partial charge on any atom is 0.246 e. The Morgan fingerprint density at radius 3 is 2.86 bits per heavy atom. The molecule has 1 aliphatic rings. The molecule has 0 N–H and O–H groups in total. The zero-order valence-electron chi connectivity index (χ0n) is 13.0. The first-order valence-corrected chi connectivity index (χ1v) is 7.05. The zero-order valence-corrected chi connectivity index (χ0v) is 13.0. The molecule has 21 heavy (non-hydrogen) atoms. The second kappa shape index (κ2) is 6.56. The van der Waals surface area contributed by atoms with Gasteiger partial charge >= 0.3 is 0 Å². The van der Waals surface area contributed by atoms with Crippen molar-refractivity contribution in [3.8, 4) is 5.88 Å². The first-order chi connectivity index (χ1) is 9.95. The van der Waals surface area contributed by atoms with Gasteiger partial charge in [0.05, 0.1) is 18.9 Å². The van der Waals surface area contributed by atoms with Crippen LogP contribution in [-0.2, 0) is 4.79 Å². The number of nitrogens with zero attached hydrogens (tertiary/aromatic N) is 4. The summed E-state index contributed by atoms with van der Waals surface area (Å²) in [7, 11) is 3.81. The van der Waals surface area contributed by atoms with Crippen LogP contribution in [0.2, 0.25) is 0 Å². The summed E-state index contributed by atoms with van der Waals surface area (Å²) in [6.07, 6.45) is 5.75. The maximum atomic E-state index is 12.0. The van der Waals surface area contributed by atoms with E-state index < -0.39 is 0 Å². The minimum Gasteiger partial charge on any atom is -0.471 e. The Morgan fingerprint density at radius 2 is 2.19 bits per heavy atom. The third-order valence-corrected chi connectivity index (χ3v) is 3.21. The topological polar surface area (TPSA) is 58.6 Å². The summed E-state index contributed by atoms with van der Waals surface area (Å²) in [4.78, 5) is 24.1. The molecule has 114 valence electrons. The second-order valence-corrected chi connectivity index (χ2v) is 5.64. The Bertz CT molecular complexity index is 538. The van der Waals surface area contributed by atoms with E-state index in [-0.39, 0.29) is 12.0 Å². The number of carbonyl (C=O) groups is 1. The molecule has 2 rings (SSSR count). The lowest BCUT2D eigenvalue weighted by atomic mass is 10.3. The van der Waals surface area contributed by atoms with Crippen LogP contribution >= 0.6 is 0 Å². The molecule has 0 saturated carbocycles. The molecule has 0 aliphatic carbocycles. The van der Waals surface area contributed by atoms with Gasteiger partial charge in [-0.3, -0.25) is 9.78 Å². The summed E-state index contributed by atoms with van der Waals surface area (Å²) in [5, 5.41) is 0. The molecular weight excluding hydrogens is 268 g/mol. The van der Waals surface area contributed by atoms with E-state index in [1.165, 1.54) is 0 Å². The van der Waals surface area contributed by atoms with E-state index in [1.54, 1.807) is 23.4 Å². The molecule has 1 fully saturated rings. The molecule has 1 unspecified atom stereocenters. The molecule has 1 aromatic heterocycles. The fraction of sp³-hybridized carbons (Fsp3) is 0.533. The Labute approximate surface area is 125 Å². The fourth-order valence-electron chi connectivity index (χ4n) is 2.14. The molecule has 6 nitrogen and oxygen atoms in total. The number of aromatic nitrogens is 2. The van der Waals surface area contributed by atoms with Gasteiger partial charge in [0.25, 0.3) is 0 Å². The van der Waals surface area contributed by atoms with Gasteiger partial charge in [-0.15, -0.1) is 0 Å². The molecule has 0 spiro atoms. The molecular formula is C15H22N4O2. The van der Waals surface area contributed by atoms with Gasteiger partial charge in [0.15, 0.2) is 5.82 Å². The molecule has 1 aromatic rings. The third kappa shape index (κ3) is 4.18. The number of rotatable bonds is 4. The Hall–Kier alpha value is -2.11. The Balaban J connectivity index is 1.95. The van der Waals surface area contributed by atoms with Crippen molar-refractivity contribution in [1.82, 2.24) is 14.9 Å². The highest BCUT2D eigenvalue weighted by molar-refractivity contribution is 5.88. The summed E-state index contributed by atoms with van der Waals surface area (Å²) in [5.41, 5.74) is 1.01. The van der Waals surface area contributed by atoms with Crippen LogP contribution in [0.5, 0.6) is 5.88 Å². The standard InChI is InChI=1S/C15H22N4O2/c1-11(2)7-15(20)19-6-5-12(10-19)21-14-9-16-8-13(17-14)18(3)4/h7-9,12H,5-6,10H2,1-4H3. The summed E-state index contributed by atoms with van der Waals surface area (Å²) >= 11 is 0. The smallest absolute Gasteiger partial charge is 0.246 e. The lowest BCUT2D eigenvalue weighted by Gasteiger charge is -2.16. The van der Waals surface area contributed by atoms with E-state index in [2.05, 4.69) is 9.97 Å². The Kier molecular flexibility index (Phi) is 4.77. The summed E-state index contributed by atoms with van der Waals surface area (Å²) in [6, 6.07) is 0. The number of likely N-dealkylation sites (tertiary alicyclic amines) is 1. The van der Waals surface area contributed by atoms with Crippen molar-refractivity contribution in [2.45, 2.75) is 26.4 Å². The molecule has 1 atom stereocenters. The van der Waals surface area contributed by atoms with Gasteiger partial charge < -0.3 is 14.5 Å². The average molecular weight is 290 g/mol. The third-order valence-electron chi connectivity index (χ3n) is 3.21. The van der Waals surface area contributed by atoms with Crippen molar-refractivity contribution in [3.63, 3.8) is 0 Å². The lowest BCUT2D eigenvalue weighted by Crippen LogP contribution is -2.29. The van der Waals surface area contributed by atoms with E-state index in [0.717, 1.165) is 17.8 Å². The van der Waals surface area contributed by atoms with Gasteiger partial charge in [0, 0.05) is 33.1 Å². The number of hydrogen-bond acceptors (Lipinski definition) is 5. The number of amides is 1. The highest BCUT2D eigenvalue weighted by Crippen LogP contribution is 2.18. The van der Waals surface area contributed by atoms with Gasteiger partial charge in [0.1, 0.15) is 6.10 Å². The quantitative estimate of drug-likeness (QED) is 0.786. The summed E-state index contributed by atoms with van der Waals surface area (Å²) < 4.78 is 5.84. The number of ether oxygens (including phenoxy) is 1. The van der Waals surface area contributed by atoms with E-state index in [4.69, 9.17) is 4.74 Å². The van der Waals surface area contributed by atoms with Crippen LogP contribution in [0.3, 0.4) is 0 Å². The monoisotopic (exact) mass is 290 g/mol. The minimum atomic E-state index is -0.0220. The molecule has 6 heteroatoms. The van der Waals surface area contributed by atoms with Gasteiger partial charge in [-0.25, -0.2) is 0 Å². The van der Waals surface area contributed by atoms with E-state index >= 15 is 0 Å². The molecule has 0 aromatic carbocycles. The lowest BCUT2D eigenvalue weighted by molar-refractivity contribution is -0.125. The average Bonchev–Trinajstić information content (AvgIpc) is 2.87. The van der Waals surface area contributed by atoms with Crippen LogP contribution < -0.4 is 9.64 Å². The summed E-state index contributed by atoms with van der Waals surface area (Å²) in [5.74, 6) is 1.31. The predicted molar refractivity (Wildman–Crippen MR) is 81.4 cm³/mol. The van der Waals surface area contributed by atoms with E-state index in [1.807, 2.05) is 32.8 Å². The number of carbonyl (C=O) groups excluding carboxylic acids is 1. The van der Waals surface area contributed by atoms with Crippen LogP contribution in [-0.4, -0.2) is 54.1 Å². The first kappa shape index (κ1) is 15.3. The highest BCUT2D eigenvalue weighted by Gasteiger charge is 2.27. The second-order valence-electron chi connectivity index (χ2n) is 5.64. The largest absolute Gasteiger partial charge is 0.471 e. The number of hydrogen-bond donors (Lipinski definition) is 0. The number of anilines is 1. The van der Waals surface area contributed by atoms with Crippen LogP contribution in [0.4, 0.5) is 5.82 Å². The van der Waals surface area contributed by atoms with Crippen LogP contribution in [0.1, 0.15) is 20.3 Å². The normalized spacial score (nSPS) is 17.5. The van der Waals surface area contributed by atoms with Crippen molar-refractivity contribution >= 4 is 11.7 Å². The molecule has 0 radical (unpaired) electrons. The van der Waals surface area contributed by atoms with Gasteiger partial charge in [-0.05, 0) is 13.8 Å². The predicted octanol–water partition coefficient (Wildman–Crippen LogP) is 1.49. The van der Waals surface area contributed by atoms with Gasteiger partial charge in [-0.2, -0.15) is 4.98 Å². The van der Waals surface area contributed by atoms with Gasteiger partial charge in [0.2, 0.25) is 11.8 Å². The van der Waals surface area contributed by atoms with E-state index in [0.29, 0.717) is 19.0 Å². The van der Waals surface area contributed by atoms with Crippen molar-refractivity contribution in [2.24, 2.45) is 0 Å². The van der Waals surface area contributed by atoms with Gasteiger partial charge in [-0.1, -0.05) is 5.57 Å². The molecule has 1 aliphatic heterocycles. The fourth-order valence-corrected chi connectivity index (χ4v) is 2.14. The minimum absolute atomic E-state index is 0.0220. The van der Waals surface area contributed by atoms with Crippen molar-refractivity contribution < 1.29 is 9.53 Å². The zero-order chi connectivity index (χ0) is 15.4. The van der Waals surface area contributed by atoms with Crippen LogP contribution in [0, 0.1) is 0 Å². The molecule has 1 saturated heterocycles. The molecule has 2 heterocycles. The van der Waals surface area contributed by atoms with E-state index in [9.17, 15) is 4.79 Å². The van der Waals surface area contributed by atoms with Crippen molar-refractivity contribution in [3.05, 3.63) is 24.0 Å². The van der Waals surface area contributed by atoms with Crippen molar-refractivity contribution in [1.29, 1.82) is 0 Å².